The Bertz CT molecular complexity index is 601. The van der Waals surface area contributed by atoms with Crippen LogP contribution < -0.4 is 10.2 Å². The van der Waals surface area contributed by atoms with E-state index in [1.165, 1.54) is 18.4 Å². The van der Waals surface area contributed by atoms with E-state index < -0.39 is 15.7 Å². The van der Waals surface area contributed by atoms with Crippen molar-refractivity contribution in [1.82, 2.24) is 0 Å². The van der Waals surface area contributed by atoms with Crippen molar-refractivity contribution >= 4 is 27.1 Å². The molecule has 19 heavy (non-hydrogen) atoms. The molecule has 5 nitrogen and oxygen atoms in total. The summed E-state index contributed by atoms with van der Waals surface area (Å²) >= 11 is 0. The van der Waals surface area contributed by atoms with Gasteiger partial charge in [-0.1, -0.05) is 0 Å². The molecule has 0 aliphatic carbocycles. The maximum atomic E-state index is 13.2. The average Bonchev–Trinajstić information content (AvgIpc) is 2.43. The van der Waals surface area contributed by atoms with Gasteiger partial charge in [0.1, 0.15) is 15.7 Å². The molecule has 0 saturated heterocycles. The van der Waals surface area contributed by atoms with E-state index in [1.54, 1.807) is 11.0 Å². The predicted octanol–water partition coefficient (Wildman–Crippen LogP) is 1.02. The molecule has 1 heterocycles. The summed E-state index contributed by atoms with van der Waals surface area (Å²) in [5.74, 6) is -0.643. The molecule has 1 aliphatic rings. The van der Waals surface area contributed by atoms with E-state index in [9.17, 15) is 17.6 Å². The second kappa shape index (κ2) is 5.16. The molecule has 1 aromatic rings. The van der Waals surface area contributed by atoms with Crippen molar-refractivity contribution in [3.05, 3.63) is 24.0 Å². The Balaban J connectivity index is 2.28. The molecule has 1 aliphatic heterocycles. The fourth-order valence-corrected chi connectivity index (χ4v) is 2.51. The number of nitrogens with one attached hydrogen (secondary N) is 1. The molecule has 0 fully saturated rings. The van der Waals surface area contributed by atoms with Crippen LogP contribution in [0.3, 0.4) is 0 Å². The highest BCUT2D eigenvalue weighted by Crippen LogP contribution is 2.29. The molecule has 1 N–H and O–H groups in total. The molecule has 0 radical (unpaired) electrons. The van der Waals surface area contributed by atoms with E-state index >= 15 is 0 Å². The van der Waals surface area contributed by atoms with E-state index in [0.29, 0.717) is 17.9 Å². The zero-order valence-electron chi connectivity index (χ0n) is 10.5. The van der Waals surface area contributed by atoms with Crippen LogP contribution in [-0.4, -0.2) is 39.4 Å². The van der Waals surface area contributed by atoms with Crippen LogP contribution in [0.15, 0.2) is 18.2 Å². The van der Waals surface area contributed by atoms with Crippen LogP contribution in [0.25, 0.3) is 0 Å². The zero-order chi connectivity index (χ0) is 14.0. The number of sulfone groups is 1. The van der Waals surface area contributed by atoms with Crippen molar-refractivity contribution in [2.45, 2.75) is 6.42 Å². The molecule has 0 bridgehead atoms. The molecule has 0 spiro atoms. The van der Waals surface area contributed by atoms with Crippen molar-refractivity contribution < 1.29 is 17.6 Å². The number of rotatable bonds is 3. The van der Waals surface area contributed by atoms with Gasteiger partial charge in [0, 0.05) is 25.8 Å². The fraction of sp³-hybridized carbons (Fsp3) is 0.417. The maximum Gasteiger partial charge on any atom is 0.226 e. The predicted molar refractivity (Wildman–Crippen MR) is 71.6 cm³/mol. The molecule has 0 aromatic heterocycles. The first-order valence-corrected chi connectivity index (χ1v) is 7.93. The molecule has 0 unspecified atom stereocenters. The third-order valence-corrected chi connectivity index (χ3v) is 3.84. The van der Waals surface area contributed by atoms with Gasteiger partial charge in [0.2, 0.25) is 5.91 Å². The molecule has 0 atom stereocenters. The number of hydrogen-bond donors (Lipinski definition) is 1. The quantitative estimate of drug-likeness (QED) is 0.901. The van der Waals surface area contributed by atoms with Gasteiger partial charge in [-0.05, 0) is 18.2 Å². The van der Waals surface area contributed by atoms with Crippen LogP contribution in [0.1, 0.15) is 6.42 Å². The van der Waals surface area contributed by atoms with Gasteiger partial charge in [0.05, 0.1) is 17.1 Å². The molecule has 1 aromatic carbocycles. The molecule has 2 rings (SSSR count). The Morgan fingerprint density at radius 3 is 2.84 bits per heavy atom. The summed E-state index contributed by atoms with van der Waals surface area (Å²) in [7, 11) is -3.08. The molecule has 1 amide bonds. The van der Waals surface area contributed by atoms with Crippen LogP contribution in [0.2, 0.25) is 0 Å². The first-order chi connectivity index (χ1) is 8.85. The van der Waals surface area contributed by atoms with Gasteiger partial charge in [0.15, 0.2) is 0 Å². The lowest BCUT2D eigenvalue weighted by Gasteiger charge is -2.23. The number of halogens is 1. The Labute approximate surface area is 111 Å². The Hall–Kier alpha value is -1.63. The van der Waals surface area contributed by atoms with Gasteiger partial charge < -0.3 is 10.2 Å². The second-order valence-corrected chi connectivity index (χ2v) is 6.84. The van der Waals surface area contributed by atoms with Crippen LogP contribution in [-0.2, 0) is 14.6 Å². The van der Waals surface area contributed by atoms with Crippen molar-refractivity contribution in [3.8, 4) is 0 Å². The minimum atomic E-state index is -3.08. The highest BCUT2D eigenvalue weighted by molar-refractivity contribution is 7.90. The molecular formula is C12H15FN2O3S. The van der Waals surface area contributed by atoms with Crippen LogP contribution in [0.5, 0.6) is 0 Å². The molecule has 104 valence electrons. The lowest BCUT2D eigenvalue weighted by Crippen LogP contribution is -2.30. The topological polar surface area (TPSA) is 66.5 Å². The fourth-order valence-electron chi connectivity index (χ4n) is 1.96. The van der Waals surface area contributed by atoms with Gasteiger partial charge >= 0.3 is 0 Å². The summed E-state index contributed by atoms with van der Waals surface area (Å²) in [5.41, 5.74) is 1.03. The SMILES string of the molecule is CS(=O)(=O)CCN1CCC(=O)Nc2cc(F)ccc21. The van der Waals surface area contributed by atoms with E-state index in [-0.39, 0.29) is 24.6 Å². The van der Waals surface area contributed by atoms with Gasteiger partial charge in [-0.3, -0.25) is 4.79 Å². The summed E-state index contributed by atoms with van der Waals surface area (Å²) in [4.78, 5) is 13.3. The molecule has 0 saturated carbocycles. The summed E-state index contributed by atoms with van der Waals surface area (Å²) in [5, 5.41) is 2.62. The van der Waals surface area contributed by atoms with Crippen LogP contribution in [0.4, 0.5) is 15.8 Å². The van der Waals surface area contributed by atoms with Gasteiger partial charge in [0.25, 0.3) is 0 Å². The van der Waals surface area contributed by atoms with Gasteiger partial charge in [-0.15, -0.1) is 0 Å². The molecular weight excluding hydrogens is 271 g/mol. The normalized spacial score (nSPS) is 15.7. The van der Waals surface area contributed by atoms with E-state index in [1.807, 2.05) is 0 Å². The summed E-state index contributed by atoms with van der Waals surface area (Å²) in [6.07, 6.45) is 1.42. The first kappa shape index (κ1) is 13.8. The number of carbonyl (C=O) groups is 1. The summed E-state index contributed by atoms with van der Waals surface area (Å²) in [6.45, 7) is 0.701. The van der Waals surface area contributed by atoms with Crippen molar-refractivity contribution in [2.75, 3.05) is 35.3 Å². The summed E-state index contributed by atoms with van der Waals surface area (Å²) < 4.78 is 35.6. The number of hydrogen-bond acceptors (Lipinski definition) is 4. The number of carbonyl (C=O) groups excluding carboxylic acids is 1. The second-order valence-electron chi connectivity index (χ2n) is 4.58. The maximum absolute atomic E-state index is 13.2. The number of amides is 1. The van der Waals surface area contributed by atoms with E-state index in [0.717, 1.165) is 0 Å². The lowest BCUT2D eigenvalue weighted by atomic mass is 10.2. The Morgan fingerprint density at radius 1 is 1.42 bits per heavy atom. The third kappa shape index (κ3) is 3.66. The number of benzene rings is 1. The number of nitrogens with zero attached hydrogens (tertiary/aromatic N) is 1. The van der Waals surface area contributed by atoms with Gasteiger partial charge in [-0.2, -0.15) is 0 Å². The monoisotopic (exact) mass is 286 g/mol. The largest absolute Gasteiger partial charge is 0.368 e. The zero-order valence-corrected chi connectivity index (χ0v) is 11.3. The highest BCUT2D eigenvalue weighted by atomic mass is 32.2. The number of anilines is 2. The third-order valence-electron chi connectivity index (χ3n) is 2.91. The van der Waals surface area contributed by atoms with Crippen molar-refractivity contribution in [3.63, 3.8) is 0 Å². The Kier molecular flexibility index (Phi) is 3.75. The lowest BCUT2D eigenvalue weighted by molar-refractivity contribution is -0.115. The van der Waals surface area contributed by atoms with E-state index in [2.05, 4.69) is 5.32 Å². The van der Waals surface area contributed by atoms with Crippen LogP contribution >= 0.6 is 0 Å². The highest BCUT2D eigenvalue weighted by Gasteiger charge is 2.20. The number of fused-ring (bicyclic) bond motifs is 1. The average molecular weight is 286 g/mol. The first-order valence-electron chi connectivity index (χ1n) is 5.87. The minimum Gasteiger partial charge on any atom is -0.368 e. The summed E-state index contributed by atoms with van der Waals surface area (Å²) in [6, 6.07) is 4.09. The minimum absolute atomic E-state index is 0.00198. The van der Waals surface area contributed by atoms with Gasteiger partial charge in [-0.25, -0.2) is 12.8 Å². The van der Waals surface area contributed by atoms with Crippen molar-refractivity contribution in [1.29, 1.82) is 0 Å². The standard InChI is InChI=1S/C12H15FN2O3S/c1-19(17,18)7-6-15-5-4-12(16)14-10-8-9(13)2-3-11(10)15/h2-3,8H,4-7H2,1H3,(H,14,16). The molecule has 7 heteroatoms. The van der Waals surface area contributed by atoms with Crippen molar-refractivity contribution in [2.24, 2.45) is 0 Å². The smallest absolute Gasteiger partial charge is 0.226 e. The Morgan fingerprint density at radius 2 is 2.16 bits per heavy atom. The van der Waals surface area contributed by atoms with Crippen LogP contribution in [0, 0.1) is 5.82 Å². The van der Waals surface area contributed by atoms with E-state index in [4.69, 9.17) is 0 Å².